The third kappa shape index (κ3) is 6.55. The van der Waals surface area contributed by atoms with Crippen LogP contribution in [0.1, 0.15) is 66.5 Å². The Bertz CT molecular complexity index is 1290. The standard InChI is InChI=1S/C27H26F9N3O3/c1-13-22(15-6-17(25(28,29)30)9-18(7-15)26(31,32)33)42-24(40)39(13)12-16-8-19(27(34,35)36)11-37-23(16)38-20-4-5-41-21(10-20)14-2-3-14/h6-9,11,13-14,20-22H,2-5,10,12H2,1H3,(H,37,38)/t13-,20?,21?,22-/m0/s1. The number of rotatable bonds is 6. The van der Waals surface area contributed by atoms with Crippen molar-refractivity contribution in [2.24, 2.45) is 5.92 Å². The van der Waals surface area contributed by atoms with Crippen LogP contribution in [-0.4, -0.2) is 40.8 Å². The molecule has 2 aromatic rings. The van der Waals surface area contributed by atoms with Gasteiger partial charge >= 0.3 is 24.6 Å². The number of alkyl halides is 9. The molecule has 3 fully saturated rings. The van der Waals surface area contributed by atoms with Crippen molar-refractivity contribution in [3.8, 4) is 0 Å². The minimum atomic E-state index is -5.12. The summed E-state index contributed by atoms with van der Waals surface area (Å²) in [5.41, 5.74) is -4.83. The fourth-order valence-electron chi connectivity index (χ4n) is 5.35. The second-order valence-electron chi connectivity index (χ2n) is 10.9. The number of nitrogens with zero attached hydrogens (tertiary/aromatic N) is 2. The minimum absolute atomic E-state index is 0.0116. The summed E-state index contributed by atoms with van der Waals surface area (Å²) in [6, 6.07) is 0.396. The Morgan fingerprint density at radius 3 is 2.10 bits per heavy atom. The molecule has 6 nitrogen and oxygen atoms in total. The van der Waals surface area contributed by atoms with Gasteiger partial charge in [-0.25, -0.2) is 9.78 Å². The van der Waals surface area contributed by atoms with Gasteiger partial charge in [-0.15, -0.1) is 0 Å². The van der Waals surface area contributed by atoms with E-state index in [4.69, 9.17) is 9.47 Å². The number of aromatic nitrogens is 1. The first-order chi connectivity index (χ1) is 19.5. The van der Waals surface area contributed by atoms with Crippen molar-refractivity contribution in [3.63, 3.8) is 0 Å². The first kappa shape index (κ1) is 30.2. The Morgan fingerprint density at radius 1 is 0.905 bits per heavy atom. The maximum absolute atomic E-state index is 13.6. The van der Waals surface area contributed by atoms with Crippen LogP contribution in [0.2, 0.25) is 0 Å². The fourth-order valence-corrected chi connectivity index (χ4v) is 5.35. The van der Waals surface area contributed by atoms with Crippen LogP contribution in [0.15, 0.2) is 30.5 Å². The molecule has 230 valence electrons. The number of amides is 1. The Labute approximate surface area is 234 Å². The summed E-state index contributed by atoms with van der Waals surface area (Å²) in [4.78, 5) is 17.8. The lowest BCUT2D eigenvalue weighted by atomic mass is 9.97. The predicted octanol–water partition coefficient (Wildman–Crippen LogP) is 7.59. The summed E-state index contributed by atoms with van der Waals surface area (Å²) in [5.74, 6) is 0.506. The molecule has 4 atom stereocenters. The largest absolute Gasteiger partial charge is 0.439 e. The first-order valence-electron chi connectivity index (χ1n) is 13.2. The molecule has 0 radical (unpaired) electrons. The van der Waals surface area contributed by atoms with Crippen LogP contribution in [0.4, 0.5) is 50.1 Å². The highest BCUT2D eigenvalue weighted by Gasteiger charge is 2.44. The van der Waals surface area contributed by atoms with E-state index in [1.54, 1.807) is 0 Å². The van der Waals surface area contributed by atoms with Gasteiger partial charge in [0.05, 0.1) is 35.4 Å². The van der Waals surface area contributed by atoms with E-state index in [9.17, 15) is 44.3 Å². The second-order valence-corrected chi connectivity index (χ2v) is 10.9. The van der Waals surface area contributed by atoms with Crippen LogP contribution in [-0.2, 0) is 34.5 Å². The van der Waals surface area contributed by atoms with Crippen LogP contribution >= 0.6 is 0 Å². The number of carbonyl (C=O) groups excluding carboxylic acids is 1. The van der Waals surface area contributed by atoms with Gasteiger partial charge in [0.25, 0.3) is 0 Å². The van der Waals surface area contributed by atoms with E-state index in [0.717, 1.165) is 23.8 Å². The second kappa shape index (κ2) is 10.8. The van der Waals surface area contributed by atoms with E-state index < -0.39 is 65.6 Å². The molecule has 1 N–H and O–H groups in total. The topological polar surface area (TPSA) is 63.7 Å². The maximum Gasteiger partial charge on any atom is 0.417 e. The molecule has 15 heteroatoms. The quantitative estimate of drug-likeness (QED) is 0.341. The van der Waals surface area contributed by atoms with Crippen molar-refractivity contribution in [2.75, 3.05) is 11.9 Å². The summed E-state index contributed by atoms with van der Waals surface area (Å²) in [6.45, 7) is 1.29. The van der Waals surface area contributed by atoms with Crippen molar-refractivity contribution >= 4 is 11.9 Å². The molecule has 2 unspecified atom stereocenters. The molecule has 42 heavy (non-hydrogen) atoms. The number of carbonyl (C=O) groups is 1. The van der Waals surface area contributed by atoms with E-state index in [1.165, 1.54) is 6.92 Å². The van der Waals surface area contributed by atoms with Gasteiger partial charge in [0, 0.05) is 24.4 Å². The lowest BCUT2D eigenvalue weighted by molar-refractivity contribution is -0.143. The predicted molar refractivity (Wildman–Crippen MR) is 129 cm³/mol. The summed E-state index contributed by atoms with van der Waals surface area (Å²) in [7, 11) is 0. The van der Waals surface area contributed by atoms with E-state index >= 15 is 0 Å². The number of hydrogen-bond donors (Lipinski definition) is 1. The SMILES string of the molecule is C[C@H]1[C@@H](c2cc(C(F)(F)F)cc(C(F)(F)F)c2)OC(=O)N1Cc1cc(C(F)(F)F)cnc1NC1CCOC(C2CC2)C1. The van der Waals surface area contributed by atoms with Gasteiger partial charge < -0.3 is 14.8 Å². The number of ether oxygens (including phenoxy) is 2. The Morgan fingerprint density at radius 2 is 1.52 bits per heavy atom. The van der Waals surface area contributed by atoms with E-state index in [-0.39, 0.29) is 29.6 Å². The minimum Gasteiger partial charge on any atom is -0.439 e. The third-order valence-corrected chi connectivity index (χ3v) is 7.77. The lowest BCUT2D eigenvalue weighted by Gasteiger charge is -2.31. The summed E-state index contributed by atoms with van der Waals surface area (Å²) < 4.78 is 132. The van der Waals surface area contributed by atoms with Gasteiger partial charge in [-0.2, -0.15) is 39.5 Å². The molecule has 1 amide bonds. The zero-order valence-electron chi connectivity index (χ0n) is 22.0. The lowest BCUT2D eigenvalue weighted by Crippen LogP contribution is -2.36. The molecule has 1 aromatic carbocycles. The fraction of sp³-hybridized carbons (Fsp3) is 0.556. The van der Waals surface area contributed by atoms with Crippen molar-refractivity contribution in [1.29, 1.82) is 0 Å². The highest BCUT2D eigenvalue weighted by molar-refractivity contribution is 5.71. The molecule has 2 saturated heterocycles. The summed E-state index contributed by atoms with van der Waals surface area (Å²) >= 11 is 0. The zero-order valence-corrected chi connectivity index (χ0v) is 22.0. The molecule has 5 rings (SSSR count). The number of hydrogen-bond acceptors (Lipinski definition) is 5. The monoisotopic (exact) mass is 611 g/mol. The van der Waals surface area contributed by atoms with E-state index in [1.807, 2.05) is 0 Å². The van der Waals surface area contributed by atoms with Crippen LogP contribution < -0.4 is 5.32 Å². The molecule has 3 aliphatic rings. The number of benzene rings is 1. The van der Waals surface area contributed by atoms with Crippen molar-refractivity contribution in [3.05, 3.63) is 58.3 Å². The molecule has 1 saturated carbocycles. The average Bonchev–Trinajstić information content (AvgIpc) is 3.71. The number of cyclic esters (lactones) is 1. The van der Waals surface area contributed by atoms with Gasteiger partial charge in [0.15, 0.2) is 0 Å². The number of nitrogens with one attached hydrogen (secondary N) is 1. The Kier molecular flexibility index (Phi) is 7.77. The van der Waals surface area contributed by atoms with Crippen LogP contribution in [0, 0.1) is 5.92 Å². The average molecular weight is 612 g/mol. The van der Waals surface area contributed by atoms with Crippen molar-refractivity contribution in [2.45, 2.75) is 82.0 Å². The number of halogens is 9. The molecule has 2 aliphatic heterocycles. The highest BCUT2D eigenvalue weighted by Crippen LogP contribution is 2.42. The smallest absolute Gasteiger partial charge is 0.417 e. The molecular formula is C27H26F9N3O3. The first-order valence-corrected chi connectivity index (χ1v) is 13.2. The van der Waals surface area contributed by atoms with Crippen molar-refractivity contribution in [1.82, 2.24) is 9.88 Å². The maximum atomic E-state index is 13.6. The van der Waals surface area contributed by atoms with Gasteiger partial charge in [-0.3, -0.25) is 4.90 Å². The normalized spacial score (nSPS) is 25.5. The molecule has 1 aliphatic carbocycles. The van der Waals surface area contributed by atoms with Crippen LogP contribution in [0.3, 0.4) is 0 Å². The molecular weight excluding hydrogens is 585 g/mol. The van der Waals surface area contributed by atoms with Gasteiger partial charge in [0.2, 0.25) is 0 Å². The Balaban J connectivity index is 1.43. The van der Waals surface area contributed by atoms with Crippen LogP contribution in [0.25, 0.3) is 0 Å². The summed E-state index contributed by atoms with van der Waals surface area (Å²) in [5, 5.41) is 3.15. The molecule has 3 heterocycles. The molecule has 0 spiro atoms. The molecule has 0 bridgehead atoms. The number of pyridine rings is 1. The van der Waals surface area contributed by atoms with Gasteiger partial charge in [-0.05, 0) is 68.4 Å². The number of anilines is 1. The van der Waals surface area contributed by atoms with Crippen molar-refractivity contribution < 1.29 is 53.8 Å². The van der Waals surface area contributed by atoms with E-state index in [2.05, 4.69) is 10.3 Å². The van der Waals surface area contributed by atoms with E-state index in [0.29, 0.717) is 43.7 Å². The van der Waals surface area contributed by atoms with Gasteiger partial charge in [-0.1, -0.05) is 0 Å². The Hall–Kier alpha value is -3.23. The van der Waals surface area contributed by atoms with Gasteiger partial charge in [0.1, 0.15) is 11.9 Å². The molecule has 1 aromatic heterocycles. The highest BCUT2D eigenvalue weighted by atomic mass is 19.4. The van der Waals surface area contributed by atoms with Crippen LogP contribution in [0.5, 0.6) is 0 Å². The zero-order chi connectivity index (χ0) is 30.6. The third-order valence-electron chi connectivity index (χ3n) is 7.77. The summed E-state index contributed by atoms with van der Waals surface area (Å²) in [6.07, 6.45) is -13.8.